The zero-order valence-corrected chi connectivity index (χ0v) is 15.7. The molecule has 1 aromatic heterocycles. The molecule has 4 saturated carbocycles. The summed E-state index contributed by atoms with van der Waals surface area (Å²) in [4.78, 5) is 14.1. The highest BCUT2D eigenvalue weighted by atomic mass is 32.2. The predicted molar refractivity (Wildman–Crippen MR) is 103 cm³/mol. The van der Waals surface area contributed by atoms with Crippen LogP contribution in [0.3, 0.4) is 0 Å². The van der Waals surface area contributed by atoms with Crippen molar-refractivity contribution < 1.29 is 9.21 Å². The quantitative estimate of drug-likeness (QED) is 0.745. The van der Waals surface area contributed by atoms with Gasteiger partial charge in [0.15, 0.2) is 5.76 Å². The highest BCUT2D eigenvalue weighted by Crippen LogP contribution is 2.53. The Morgan fingerprint density at radius 3 is 2.38 bits per heavy atom. The summed E-state index contributed by atoms with van der Waals surface area (Å²) in [6.07, 6.45) is 8.33. The monoisotopic (exact) mass is 367 g/mol. The van der Waals surface area contributed by atoms with Gasteiger partial charge in [-0.05, 0) is 74.0 Å². The van der Waals surface area contributed by atoms with E-state index in [1.165, 1.54) is 37.0 Å². The molecule has 1 N–H and O–H groups in total. The third-order valence-electron chi connectivity index (χ3n) is 6.62. The summed E-state index contributed by atoms with van der Waals surface area (Å²) < 4.78 is 5.58. The Labute approximate surface area is 158 Å². The van der Waals surface area contributed by atoms with E-state index in [1.54, 1.807) is 18.0 Å². The van der Waals surface area contributed by atoms with Gasteiger partial charge in [0.1, 0.15) is 0 Å². The Kier molecular flexibility index (Phi) is 4.32. The Morgan fingerprint density at radius 1 is 1.00 bits per heavy atom. The van der Waals surface area contributed by atoms with Gasteiger partial charge in [-0.1, -0.05) is 18.2 Å². The van der Waals surface area contributed by atoms with Crippen molar-refractivity contribution in [1.29, 1.82) is 0 Å². The Hall–Kier alpha value is -1.68. The van der Waals surface area contributed by atoms with Gasteiger partial charge in [-0.25, -0.2) is 0 Å². The zero-order valence-electron chi connectivity index (χ0n) is 14.9. The maximum absolute atomic E-state index is 12.9. The van der Waals surface area contributed by atoms with Crippen LogP contribution in [-0.2, 0) is 5.75 Å². The highest BCUT2D eigenvalue weighted by molar-refractivity contribution is 7.98. The third kappa shape index (κ3) is 3.09. The average molecular weight is 368 g/mol. The summed E-state index contributed by atoms with van der Waals surface area (Å²) in [5.41, 5.74) is 0.986. The van der Waals surface area contributed by atoms with E-state index in [4.69, 9.17) is 4.42 Å². The van der Waals surface area contributed by atoms with Crippen LogP contribution in [-0.4, -0.2) is 11.9 Å². The van der Waals surface area contributed by atoms with Crippen molar-refractivity contribution in [2.24, 2.45) is 23.7 Å². The van der Waals surface area contributed by atoms with Crippen LogP contribution in [0.5, 0.6) is 0 Å². The molecule has 1 heterocycles. The first-order valence-electron chi connectivity index (χ1n) is 9.81. The van der Waals surface area contributed by atoms with Crippen molar-refractivity contribution in [2.75, 3.05) is 0 Å². The van der Waals surface area contributed by atoms with E-state index >= 15 is 0 Å². The minimum atomic E-state index is -0.0175. The number of thioether (sulfide) groups is 1. The lowest BCUT2D eigenvalue weighted by Crippen LogP contribution is -2.55. The molecule has 0 radical (unpaired) electrons. The molecule has 1 amide bonds. The van der Waals surface area contributed by atoms with Crippen molar-refractivity contribution in [1.82, 2.24) is 5.32 Å². The van der Waals surface area contributed by atoms with Crippen molar-refractivity contribution in [3.63, 3.8) is 0 Å². The number of furan rings is 1. The topological polar surface area (TPSA) is 42.2 Å². The summed E-state index contributed by atoms with van der Waals surface area (Å²) in [6.45, 7) is 0. The summed E-state index contributed by atoms with van der Waals surface area (Å²) >= 11 is 1.74. The van der Waals surface area contributed by atoms with Gasteiger partial charge in [-0.2, -0.15) is 0 Å². The van der Waals surface area contributed by atoms with Crippen molar-refractivity contribution in [3.8, 4) is 0 Å². The molecule has 4 heteroatoms. The molecule has 4 fully saturated rings. The SMILES string of the molecule is O=C(NC1C2CC3CC(C2)CC1C3)c1occc1CSc1ccccc1. The Morgan fingerprint density at radius 2 is 1.69 bits per heavy atom. The number of benzene rings is 1. The van der Waals surface area contributed by atoms with E-state index < -0.39 is 0 Å². The van der Waals surface area contributed by atoms with E-state index in [-0.39, 0.29) is 5.91 Å². The first kappa shape index (κ1) is 16.5. The molecule has 4 aliphatic rings. The van der Waals surface area contributed by atoms with Gasteiger partial charge in [-0.15, -0.1) is 11.8 Å². The van der Waals surface area contributed by atoms with Crippen LogP contribution < -0.4 is 5.32 Å². The average Bonchev–Trinajstić information content (AvgIpc) is 3.12. The molecule has 0 aliphatic heterocycles. The van der Waals surface area contributed by atoms with Crippen LogP contribution in [0, 0.1) is 23.7 Å². The lowest BCUT2D eigenvalue weighted by molar-refractivity contribution is -0.0123. The summed E-state index contributed by atoms with van der Waals surface area (Å²) in [5, 5.41) is 3.36. The molecule has 4 bridgehead atoms. The van der Waals surface area contributed by atoms with E-state index in [0.29, 0.717) is 23.6 Å². The van der Waals surface area contributed by atoms with Crippen molar-refractivity contribution in [3.05, 3.63) is 54.0 Å². The number of amides is 1. The second kappa shape index (κ2) is 6.80. The lowest BCUT2D eigenvalue weighted by atomic mass is 9.54. The first-order valence-corrected chi connectivity index (χ1v) is 10.8. The molecular weight excluding hydrogens is 342 g/mol. The molecule has 0 unspecified atom stereocenters. The molecule has 26 heavy (non-hydrogen) atoms. The smallest absolute Gasteiger partial charge is 0.287 e. The van der Waals surface area contributed by atoms with Crippen LogP contribution in [0.2, 0.25) is 0 Å². The standard InChI is InChI=1S/C22H25NO2S/c24-22(23-20-17-9-14-8-15(11-17)12-18(20)10-14)21-16(6-7-25-21)13-26-19-4-2-1-3-5-19/h1-7,14-15,17-18,20H,8-13H2,(H,23,24). The summed E-state index contributed by atoms with van der Waals surface area (Å²) in [5.74, 6) is 4.46. The van der Waals surface area contributed by atoms with Gasteiger partial charge < -0.3 is 9.73 Å². The fraction of sp³-hybridized carbons (Fsp3) is 0.500. The highest BCUT2D eigenvalue weighted by Gasteiger charge is 2.48. The largest absolute Gasteiger partial charge is 0.459 e. The van der Waals surface area contributed by atoms with E-state index in [9.17, 15) is 4.79 Å². The molecule has 0 saturated heterocycles. The lowest BCUT2D eigenvalue weighted by Gasteiger charge is -2.54. The van der Waals surface area contributed by atoms with Crippen LogP contribution in [0.25, 0.3) is 0 Å². The number of hydrogen-bond donors (Lipinski definition) is 1. The molecule has 6 rings (SSSR count). The van der Waals surface area contributed by atoms with E-state index in [0.717, 1.165) is 23.2 Å². The van der Waals surface area contributed by atoms with E-state index in [1.807, 2.05) is 24.3 Å². The van der Waals surface area contributed by atoms with Gasteiger partial charge in [0.05, 0.1) is 6.26 Å². The van der Waals surface area contributed by atoms with E-state index in [2.05, 4.69) is 17.4 Å². The number of carbonyl (C=O) groups is 1. The molecule has 0 spiro atoms. The van der Waals surface area contributed by atoms with Crippen molar-refractivity contribution >= 4 is 17.7 Å². The predicted octanol–water partition coefficient (Wildman–Crippen LogP) is 5.13. The Balaban J connectivity index is 1.26. The summed E-state index contributed by atoms with van der Waals surface area (Å²) in [6, 6.07) is 12.6. The fourth-order valence-electron chi connectivity index (χ4n) is 5.70. The molecule has 4 aliphatic carbocycles. The first-order chi connectivity index (χ1) is 12.8. The molecule has 0 atom stereocenters. The normalized spacial score (nSPS) is 31.9. The van der Waals surface area contributed by atoms with Gasteiger partial charge in [0.25, 0.3) is 5.91 Å². The maximum Gasteiger partial charge on any atom is 0.287 e. The van der Waals surface area contributed by atoms with Gasteiger partial charge in [0.2, 0.25) is 0 Å². The number of hydrogen-bond acceptors (Lipinski definition) is 3. The van der Waals surface area contributed by atoms with Gasteiger partial charge >= 0.3 is 0 Å². The van der Waals surface area contributed by atoms with Crippen LogP contribution >= 0.6 is 11.8 Å². The molecule has 136 valence electrons. The second-order valence-corrected chi connectivity index (χ2v) is 9.36. The zero-order chi connectivity index (χ0) is 17.5. The minimum absolute atomic E-state index is 0.0175. The number of carbonyl (C=O) groups excluding carboxylic acids is 1. The van der Waals surface area contributed by atoms with Gasteiger partial charge in [-0.3, -0.25) is 4.79 Å². The molecule has 1 aromatic carbocycles. The van der Waals surface area contributed by atoms with Crippen molar-refractivity contribution in [2.45, 2.75) is 48.8 Å². The summed E-state index contributed by atoms with van der Waals surface area (Å²) in [7, 11) is 0. The Bertz CT molecular complexity index is 756. The maximum atomic E-state index is 12.9. The van der Waals surface area contributed by atoms with Gasteiger partial charge in [0, 0.05) is 22.3 Å². The molecular formula is C22H25NO2S. The molecule has 2 aromatic rings. The number of nitrogens with one attached hydrogen (secondary N) is 1. The van der Waals surface area contributed by atoms with Crippen LogP contribution in [0.4, 0.5) is 0 Å². The third-order valence-corrected chi connectivity index (χ3v) is 7.68. The second-order valence-electron chi connectivity index (χ2n) is 8.31. The fourth-order valence-corrected chi connectivity index (χ4v) is 6.60. The number of rotatable bonds is 5. The van der Waals surface area contributed by atoms with Crippen LogP contribution in [0.1, 0.15) is 48.2 Å². The van der Waals surface area contributed by atoms with Crippen LogP contribution in [0.15, 0.2) is 52.0 Å². The minimum Gasteiger partial charge on any atom is -0.459 e. The molecule has 3 nitrogen and oxygen atoms in total.